The molecule has 2 aliphatic rings. The fourth-order valence-corrected chi connectivity index (χ4v) is 3.15. The molecule has 0 bridgehead atoms. The highest BCUT2D eigenvalue weighted by molar-refractivity contribution is 9.10. The van der Waals surface area contributed by atoms with Gasteiger partial charge in [-0.1, -0.05) is 40.9 Å². The first-order valence-corrected chi connectivity index (χ1v) is 7.87. The Kier molecular flexibility index (Phi) is 3.78. The zero-order valence-corrected chi connectivity index (χ0v) is 12.6. The second-order valence-electron chi connectivity index (χ2n) is 5.60. The molecule has 0 radical (unpaired) electrons. The molecule has 1 aromatic rings. The predicted molar refractivity (Wildman–Crippen MR) is 82.3 cm³/mol. The molecule has 102 valence electrons. The average molecular weight is 322 g/mol. The van der Waals surface area contributed by atoms with Gasteiger partial charge in [-0.05, 0) is 37.0 Å². The number of halogens is 1. The lowest BCUT2D eigenvalue weighted by Crippen LogP contribution is -2.38. The molecule has 0 spiro atoms. The van der Waals surface area contributed by atoms with Gasteiger partial charge in [0.1, 0.15) is 0 Å². The van der Waals surface area contributed by atoms with Crippen LogP contribution in [0.5, 0.6) is 0 Å². The molecule has 4 heteroatoms. The Hall–Kier alpha value is -1.03. The Morgan fingerprint density at radius 3 is 2.58 bits per heavy atom. The molecule has 0 saturated heterocycles. The molecule has 3 nitrogen and oxygen atoms in total. The maximum atomic E-state index is 5.99. The van der Waals surface area contributed by atoms with Gasteiger partial charge in [0.2, 0.25) is 0 Å². The SMILES string of the molecule is NC(=N[C@@H]1C[C@H]1c1ccc(Br)cc1)NC1CCCC1. The first-order chi connectivity index (χ1) is 9.22. The zero-order valence-electron chi connectivity index (χ0n) is 11.0. The lowest BCUT2D eigenvalue weighted by Gasteiger charge is -2.12. The van der Waals surface area contributed by atoms with Gasteiger partial charge in [0, 0.05) is 16.4 Å². The Labute approximate surface area is 122 Å². The maximum absolute atomic E-state index is 5.99. The van der Waals surface area contributed by atoms with Crippen molar-refractivity contribution in [3.05, 3.63) is 34.3 Å². The lowest BCUT2D eigenvalue weighted by molar-refractivity contribution is 0.625. The second-order valence-corrected chi connectivity index (χ2v) is 6.52. The lowest BCUT2D eigenvalue weighted by atomic mass is 10.1. The first kappa shape index (κ1) is 13.0. The van der Waals surface area contributed by atoms with Crippen molar-refractivity contribution < 1.29 is 0 Å². The summed E-state index contributed by atoms with van der Waals surface area (Å²) < 4.78 is 1.12. The summed E-state index contributed by atoms with van der Waals surface area (Å²) in [4.78, 5) is 4.60. The van der Waals surface area contributed by atoms with E-state index >= 15 is 0 Å². The van der Waals surface area contributed by atoms with Crippen LogP contribution in [0.2, 0.25) is 0 Å². The van der Waals surface area contributed by atoms with E-state index < -0.39 is 0 Å². The number of rotatable bonds is 3. The number of hydrogen-bond acceptors (Lipinski definition) is 1. The molecule has 0 unspecified atom stereocenters. The minimum absolute atomic E-state index is 0.370. The fourth-order valence-electron chi connectivity index (χ4n) is 2.89. The number of aliphatic imine (C=N–C) groups is 1. The standard InChI is InChI=1S/C15H20BrN3/c16-11-7-5-10(6-8-11)13-9-14(13)19-15(17)18-12-3-1-2-4-12/h5-8,12-14H,1-4,9H2,(H3,17,18,19)/t13-,14+/m0/s1. The molecule has 0 aliphatic heterocycles. The monoisotopic (exact) mass is 321 g/mol. The normalized spacial score (nSPS) is 27.5. The largest absolute Gasteiger partial charge is 0.370 e. The van der Waals surface area contributed by atoms with Gasteiger partial charge in [-0.2, -0.15) is 0 Å². The van der Waals surface area contributed by atoms with Crippen LogP contribution in [0.15, 0.2) is 33.7 Å². The van der Waals surface area contributed by atoms with Crippen LogP contribution in [0.3, 0.4) is 0 Å². The van der Waals surface area contributed by atoms with E-state index in [2.05, 4.69) is 50.5 Å². The molecular weight excluding hydrogens is 302 g/mol. The first-order valence-electron chi connectivity index (χ1n) is 7.07. The van der Waals surface area contributed by atoms with E-state index in [1.807, 2.05) is 0 Å². The number of hydrogen-bond donors (Lipinski definition) is 2. The summed E-state index contributed by atoms with van der Waals surface area (Å²) in [6, 6.07) is 9.45. The average Bonchev–Trinajstić information content (AvgIpc) is 2.95. The van der Waals surface area contributed by atoms with Crippen molar-refractivity contribution in [1.29, 1.82) is 0 Å². The number of nitrogens with zero attached hydrogens (tertiary/aromatic N) is 1. The van der Waals surface area contributed by atoms with E-state index in [-0.39, 0.29) is 0 Å². The van der Waals surface area contributed by atoms with Crippen LogP contribution in [0.25, 0.3) is 0 Å². The van der Waals surface area contributed by atoms with Gasteiger partial charge in [-0.3, -0.25) is 0 Å². The van der Waals surface area contributed by atoms with Crippen LogP contribution in [0, 0.1) is 0 Å². The van der Waals surface area contributed by atoms with Gasteiger partial charge >= 0.3 is 0 Å². The molecule has 0 aromatic heterocycles. The molecule has 3 N–H and O–H groups in total. The highest BCUT2D eigenvalue weighted by atomic mass is 79.9. The van der Waals surface area contributed by atoms with Crippen molar-refractivity contribution in [3.8, 4) is 0 Å². The van der Waals surface area contributed by atoms with E-state index in [1.54, 1.807) is 0 Å². The van der Waals surface area contributed by atoms with E-state index in [0.717, 1.165) is 10.9 Å². The minimum Gasteiger partial charge on any atom is -0.370 e. The molecular formula is C15H20BrN3. The van der Waals surface area contributed by atoms with Gasteiger partial charge in [-0.25, -0.2) is 4.99 Å². The molecule has 19 heavy (non-hydrogen) atoms. The smallest absolute Gasteiger partial charge is 0.189 e. The van der Waals surface area contributed by atoms with Crippen molar-refractivity contribution in [2.24, 2.45) is 10.7 Å². The fraction of sp³-hybridized carbons (Fsp3) is 0.533. The Morgan fingerprint density at radius 1 is 1.21 bits per heavy atom. The van der Waals surface area contributed by atoms with Gasteiger partial charge < -0.3 is 11.1 Å². The van der Waals surface area contributed by atoms with Gasteiger partial charge in [-0.15, -0.1) is 0 Å². The molecule has 2 atom stereocenters. The van der Waals surface area contributed by atoms with Crippen molar-refractivity contribution in [1.82, 2.24) is 5.32 Å². The molecule has 0 heterocycles. The summed E-state index contributed by atoms with van der Waals surface area (Å²) in [5, 5.41) is 3.35. The summed E-state index contributed by atoms with van der Waals surface area (Å²) in [5.74, 6) is 1.19. The van der Waals surface area contributed by atoms with Gasteiger partial charge in [0.15, 0.2) is 5.96 Å². The number of guanidine groups is 1. The second kappa shape index (κ2) is 5.53. The number of benzene rings is 1. The minimum atomic E-state index is 0.370. The summed E-state index contributed by atoms with van der Waals surface area (Å²) in [6.45, 7) is 0. The number of nitrogens with two attached hydrogens (primary N) is 1. The Bertz CT molecular complexity index is 463. The molecule has 2 fully saturated rings. The molecule has 1 aromatic carbocycles. The third-order valence-electron chi connectivity index (χ3n) is 4.07. The predicted octanol–water partition coefficient (Wildman–Crippen LogP) is 3.15. The topological polar surface area (TPSA) is 50.4 Å². The molecule has 3 rings (SSSR count). The quantitative estimate of drug-likeness (QED) is 0.663. The van der Waals surface area contributed by atoms with Crippen molar-refractivity contribution in [3.63, 3.8) is 0 Å². The Morgan fingerprint density at radius 2 is 1.89 bits per heavy atom. The van der Waals surface area contributed by atoms with E-state index in [9.17, 15) is 0 Å². The van der Waals surface area contributed by atoms with Crippen LogP contribution in [0.1, 0.15) is 43.6 Å². The van der Waals surface area contributed by atoms with Crippen LogP contribution < -0.4 is 11.1 Å². The zero-order chi connectivity index (χ0) is 13.2. The Balaban J connectivity index is 1.55. The highest BCUT2D eigenvalue weighted by Crippen LogP contribution is 2.43. The van der Waals surface area contributed by atoms with Gasteiger partial charge in [0.25, 0.3) is 0 Å². The third kappa shape index (κ3) is 3.30. The maximum Gasteiger partial charge on any atom is 0.189 e. The molecule has 0 amide bonds. The summed E-state index contributed by atoms with van der Waals surface area (Å²) >= 11 is 3.46. The van der Waals surface area contributed by atoms with Crippen molar-refractivity contribution in [2.45, 2.75) is 50.1 Å². The summed E-state index contributed by atoms with van der Waals surface area (Å²) in [7, 11) is 0. The molecule has 2 saturated carbocycles. The highest BCUT2D eigenvalue weighted by Gasteiger charge is 2.38. The van der Waals surface area contributed by atoms with Crippen LogP contribution in [0.4, 0.5) is 0 Å². The van der Waals surface area contributed by atoms with E-state index in [0.29, 0.717) is 24.0 Å². The van der Waals surface area contributed by atoms with Crippen LogP contribution >= 0.6 is 15.9 Å². The number of nitrogens with one attached hydrogen (secondary N) is 1. The van der Waals surface area contributed by atoms with Crippen LogP contribution in [-0.2, 0) is 0 Å². The van der Waals surface area contributed by atoms with Gasteiger partial charge in [0.05, 0.1) is 6.04 Å². The third-order valence-corrected chi connectivity index (χ3v) is 4.60. The summed E-state index contributed by atoms with van der Waals surface area (Å²) in [6.07, 6.45) is 6.22. The van der Waals surface area contributed by atoms with Crippen molar-refractivity contribution >= 4 is 21.9 Å². The summed E-state index contributed by atoms with van der Waals surface area (Å²) in [5.41, 5.74) is 7.36. The molecule has 2 aliphatic carbocycles. The van der Waals surface area contributed by atoms with Crippen molar-refractivity contribution in [2.75, 3.05) is 0 Å². The van der Waals surface area contributed by atoms with Crippen LogP contribution in [-0.4, -0.2) is 18.0 Å². The van der Waals surface area contributed by atoms with E-state index in [1.165, 1.54) is 31.2 Å². The van der Waals surface area contributed by atoms with E-state index in [4.69, 9.17) is 5.73 Å².